The van der Waals surface area contributed by atoms with Gasteiger partial charge in [-0.15, -0.1) is 11.6 Å². The van der Waals surface area contributed by atoms with E-state index in [-0.39, 0.29) is 11.5 Å². The molecule has 0 amide bonds. The SMILES string of the molecule is ClC(c1ccc(Br)cc1)C1CCCO1. The highest BCUT2D eigenvalue weighted by molar-refractivity contribution is 9.10. The maximum Gasteiger partial charge on any atom is 0.0847 e. The lowest BCUT2D eigenvalue weighted by molar-refractivity contribution is 0.107. The van der Waals surface area contributed by atoms with Crippen LogP contribution in [0.1, 0.15) is 23.8 Å². The van der Waals surface area contributed by atoms with E-state index in [2.05, 4.69) is 15.9 Å². The van der Waals surface area contributed by atoms with E-state index in [1.165, 1.54) is 0 Å². The molecular weight excluding hydrogens is 263 g/mol. The summed E-state index contributed by atoms with van der Waals surface area (Å²) in [6, 6.07) is 8.12. The first-order chi connectivity index (χ1) is 6.77. The van der Waals surface area contributed by atoms with E-state index in [1.807, 2.05) is 24.3 Å². The van der Waals surface area contributed by atoms with E-state index in [4.69, 9.17) is 16.3 Å². The Morgan fingerprint density at radius 1 is 1.36 bits per heavy atom. The number of halogens is 2. The average Bonchev–Trinajstić information content (AvgIpc) is 2.71. The Morgan fingerprint density at radius 2 is 2.07 bits per heavy atom. The molecule has 0 spiro atoms. The van der Waals surface area contributed by atoms with Crippen LogP contribution in [0.25, 0.3) is 0 Å². The van der Waals surface area contributed by atoms with Gasteiger partial charge in [-0.25, -0.2) is 0 Å². The molecule has 1 aromatic carbocycles. The zero-order chi connectivity index (χ0) is 9.97. The van der Waals surface area contributed by atoms with Crippen LogP contribution in [-0.2, 0) is 4.74 Å². The molecule has 3 heteroatoms. The molecule has 0 saturated carbocycles. The standard InChI is InChI=1S/C11H12BrClO/c12-9-5-3-8(4-6-9)11(13)10-2-1-7-14-10/h3-6,10-11H,1-2,7H2. The molecule has 1 aliphatic heterocycles. The van der Waals surface area contributed by atoms with Gasteiger partial charge in [-0.3, -0.25) is 0 Å². The fourth-order valence-corrected chi connectivity index (χ4v) is 2.30. The van der Waals surface area contributed by atoms with Gasteiger partial charge in [0.2, 0.25) is 0 Å². The van der Waals surface area contributed by atoms with E-state index >= 15 is 0 Å². The number of ether oxygens (including phenoxy) is 1. The van der Waals surface area contributed by atoms with E-state index in [0.717, 1.165) is 29.5 Å². The first-order valence-electron chi connectivity index (χ1n) is 4.78. The molecule has 0 radical (unpaired) electrons. The van der Waals surface area contributed by atoms with Crippen molar-refractivity contribution in [3.05, 3.63) is 34.3 Å². The van der Waals surface area contributed by atoms with Gasteiger partial charge in [-0.2, -0.15) is 0 Å². The van der Waals surface area contributed by atoms with E-state index in [9.17, 15) is 0 Å². The fraction of sp³-hybridized carbons (Fsp3) is 0.455. The van der Waals surface area contributed by atoms with Gasteiger partial charge >= 0.3 is 0 Å². The summed E-state index contributed by atoms with van der Waals surface area (Å²) < 4.78 is 6.64. The van der Waals surface area contributed by atoms with Crippen molar-refractivity contribution in [1.82, 2.24) is 0 Å². The van der Waals surface area contributed by atoms with Crippen LogP contribution < -0.4 is 0 Å². The highest BCUT2D eigenvalue weighted by Crippen LogP contribution is 2.32. The second-order valence-corrected chi connectivity index (χ2v) is 4.89. The van der Waals surface area contributed by atoms with Gasteiger partial charge < -0.3 is 4.74 Å². The predicted molar refractivity (Wildman–Crippen MR) is 61.7 cm³/mol. The lowest BCUT2D eigenvalue weighted by Crippen LogP contribution is -2.12. The molecule has 0 bridgehead atoms. The Morgan fingerprint density at radius 3 is 2.64 bits per heavy atom. The molecule has 1 aromatic rings. The Labute approximate surface area is 97.5 Å². The van der Waals surface area contributed by atoms with Crippen LogP contribution in [0.2, 0.25) is 0 Å². The molecule has 0 aromatic heterocycles. The van der Waals surface area contributed by atoms with Gasteiger partial charge in [0.05, 0.1) is 11.5 Å². The van der Waals surface area contributed by atoms with Crippen molar-refractivity contribution in [2.45, 2.75) is 24.3 Å². The van der Waals surface area contributed by atoms with Crippen molar-refractivity contribution < 1.29 is 4.74 Å². The third-order valence-corrected chi connectivity index (χ3v) is 3.54. The number of hydrogen-bond acceptors (Lipinski definition) is 1. The van der Waals surface area contributed by atoms with Gasteiger partial charge in [0.15, 0.2) is 0 Å². The molecule has 1 heterocycles. The lowest BCUT2D eigenvalue weighted by atomic mass is 10.1. The zero-order valence-corrected chi connectivity index (χ0v) is 10.1. The summed E-state index contributed by atoms with van der Waals surface area (Å²) in [5.41, 5.74) is 1.14. The maximum atomic E-state index is 6.32. The molecule has 2 unspecified atom stereocenters. The highest BCUT2D eigenvalue weighted by Gasteiger charge is 2.25. The Kier molecular flexibility index (Phi) is 3.47. The van der Waals surface area contributed by atoms with E-state index in [1.54, 1.807) is 0 Å². The molecule has 14 heavy (non-hydrogen) atoms. The molecule has 1 aliphatic rings. The van der Waals surface area contributed by atoms with Crippen LogP contribution in [0.4, 0.5) is 0 Å². The van der Waals surface area contributed by atoms with Gasteiger partial charge in [-0.1, -0.05) is 28.1 Å². The minimum absolute atomic E-state index is 0.00870. The van der Waals surface area contributed by atoms with Crippen LogP contribution in [0.15, 0.2) is 28.7 Å². The third-order valence-electron chi connectivity index (χ3n) is 2.48. The Bertz CT molecular complexity index is 293. The van der Waals surface area contributed by atoms with Crippen molar-refractivity contribution in [2.75, 3.05) is 6.61 Å². The Hall–Kier alpha value is -0.0500. The summed E-state index contributed by atoms with van der Waals surface area (Å²) in [6.07, 6.45) is 2.40. The minimum atomic E-state index is -0.00870. The second kappa shape index (κ2) is 4.65. The highest BCUT2D eigenvalue weighted by atomic mass is 79.9. The average molecular weight is 276 g/mol. The molecule has 1 saturated heterocycles. The summed E-state index contributed by atoms with van der Waals surface area (Å²) in [7, 11) is 0. The fourth-order valence-electron chi connectivity index (χ4n) is 1.69. The number of rotatable bonds is 2. The van der Waals surface area contributed by atoms with Gasteiger partial charge in [0.25, 0.3) is 0 Å². The number of alkyl halides is 1. The summed E-state index contributed by atoms with van der Waals surface area (Å²) in [6.45, 7) is 0.852. The topological polar surface area (TPSA) is 9.23 Å². The minimum Gasteiger partial charge on any atom is -0.376 e. The van der Waals surface area contributed by atoms with Gasteiger partial charge in [-0.05, 0) is 30.5 Å². The zero-order valence-electron chi connectivity index (χ0n) is 7.75. The summed E-state index contributed by atoms with van der Waals surface area (Å²) >= 11 is 9.73. The summed E-state index contributed by atoms with van der Waals surface area (Å²) in [5.74, 6) is 0. The molecule has 76 valence electrons. The molecule has 1 nitrogen and oxygen atoms in total. The van der Waals surface area contributed by atoms with E-state index < -0.39 is 0 Å². The maximum absolute atomic E-state index is 6.32. The van der Waals surface area contributed by atoms with Crippen LogP contribution in [0, 0.1) is 0 Å². The molecule has 1 fully saturated rings. The molecule has 2 rings (SSSR count). The number of benzene rings is 1. The van der Waals surface area contributed by atoms with Crippen LogP contribution >= 0.6 is 27.5 Å². The molecule has 0 aliphatic carbocycles. The lowest BCUT2D eigenvalue weighted by Gasteiger charge is -2.16. The van der Waals surface area contributed by atoms with Crippen molar-refractivity contribution >= 4 is 27.5 Å². The molecule has 2 atom stereocenters. The van der Waals surface area contributed by atoms with Gasteiger partial charge in [0.1, 0.15) is 0 Å². The Balaban J connectivity index is 2.09. The first-order valence-corrected chi connectivity index (χ1v) is 6.01. The normalized spacial score (nSPS) is 23.7. The molecule has 0 N–H and O–H groups in total. The van der Waals surface area contributed by atoms with Crippen LogP contribution in [0.3, 0.4) is 0 Å². The van der Waals surface area contributed by atoms with Crippen LogP contribution in [-0.4, -0.2) is 12.7 Å². The smallest absolute Gasteiger partial charge is 0.0847 e. The van der Waals surface area contributed by atoms with Crippen molar-refractivity contribution in [1.29, 1.82) is 0 Å². The predicted octanol–water partition coefficient (Wildman–Crippen LogP) is 3.91. The summed E-state index contributed by atoms with van der Waals surface area (Å²) in [5, 5.41) is -0.00870. The van der Waals surface area contributed by atoms with Crippen molar-refractivity contribution in [3.8, 4) is 0 Å². The quantitative estimate of drug-likeness (QED) is 0.744. The van der Waals surface area contributed by atoms with Crippen molar-refractivity contribution in [2.24, 2.45) is 0 Å². The molecular formula is C11H12BrClO. The van der Waals surface area contributed by atoms with Crippen molar-refractivity contribution in [3.63, 3.8) is 0 Å². The monoisotopic (exact) mass is 274 g/mol. The first kappa shape index (κ1) is 10.5. The number of hydrogen-bond donors (Lipinski definition) is 0. The summed E-state index contributed by atoms with van der Waals surface area (Å²) in [4.78, 5) is 0. The largest absolute Gasteiger partial charge is 0.376 e. The second-order valence-electron chi connectivity index (χ2n) is 3.50. The van der Waals surface area contributed by atoms with Crippen LogP contribution in [0.5, 0.6) is 0 Å². The third kappa shape index (κ3) is 2.30. The van der Waals surface area contributed by atoms with Gasteiger partial charge in [0, 0.05) is 11.1 Å². The van der Waals surface area contributed by atoms with E-state index in [0.29, 0.717) is 0 Å².